The maximum absolute atomic E-state index is 11.6. The number of nitrogens with one attached hydrogen (secondary N) is 1. The Morgan fingerprint density at radius 2 is 2.47 bits per heavy atom. The van der Waals surface area contributed by atoms with Gasteiger partial charge in [-0.2, -0.15) is 5.10 Å². The summed E-state index contributed by atoms with van der Waals surface area (Å²) >= 11 is 0. The minimum Gasteiger partial charge on any atom is -0.396 e. The van der Waals surface area contributed by atoms with Gasteiger partial charge in [-0.25, -0.2) is 0 Å². The van der Waals surface area contributed by atoms with Crippen LogP contribution in [0.1, 0.15) is 23.8 Å². The molecular formula is C9H16N4O2. The first-order valence-electron chi connectivity index (χ1n) is 4.79. The lowest BCUT2D eigenvalue weighted by atomic mass is 10.2. The van der Waals surface area contributed by atoms with Crippen molar-refractivity contribution >= 4 is 11.6 Å². The van der Waals surface area contributed by atoms with E-state index in [-0.39, 0.29) is 24.2 Å². The molecule has 0 bridgehead atoms. The van der Waals surface area contributed by atoms with Crippen molar-refractivity contribution in [3.05, 3.63) is 11.9 Å². The van der Waals surface area contributed by atoms with Crippen molar-refractivity contribution in [3.8, 4) is 0 Å². The van der Waals surface area contributed by atoms with Crippen LogP contribution in [-0.4, -0.2) is 33.4 Å². The molecule has 84 valence electrons. The third-order valence-corrected chi connectivity index (χ3v) is 2.12. The van der Waals surface area contributed by atoms with Crippen molar-refractivity contribution in [3.63, 3.8) is 0 Å². The molecule has 0 saturated carbocycles. The van der Waals surface area contributed by atoms with Gasteiger partial charge in [0.05, 0.1) is 18.3 Å². The van der Waals surface area contributed by atoms with Gasteiger partial charge in [-0.15, -0.1) is 0 Å². The zero-order valence-electron chi connectivity index (χ0n) is 8.90. The van der Waals surface area contributed by atoms with Crippen LogP contribution in [0.2, 0.25) is 0 Å². The number of aliphatic hydroxyl groups is 1. The summed E-state index contributed by atoms with van der Waals surface area (Å²) in [5.41, 5.74) is 6.13. The Morgan fingerprint density at radius 1 is 1.80 bits per heavy atom. The molecule has 0 saturated heterocycles. The molecule has 6 nitrogen and oxygen atoms in total. The molecule has 0 spiro atoms. The number of amides is 1. The highest BCUT2D eigenvalue weighted by Gasteiger charge is 2.16. The average molecular weight is 212 g/mol. The zero-order valence-corrected chi connectivity index (χ0v) is 8.90. The van der Waals surface area contributed by atoms with E-state index in [1.807, 2.05) is 6.92 Å². The Morgan fingerprint density at radius 3 is 2.87 bits per heavy atom. The monoisotopic (exact) mass is 212 g/mol. The topological polar surface area (TPSA) is 93.2 Å². The Kier molecular flexibility index (Phi) is 3.68. The quantitative estimate of drug-likeness (QED) is 0.627. The third kappa shape index (κ3) is 2.69. The van der Waals surface area contributed by atoms with Gasteiger partial charge in [0.2, 0.25) is 0 Å². The summed E-state index contributed by atoms with van der Waals surface area (Å²) in [7, 11) is 1.69. The Hall–Kier alpha value is -1.56. The van der Waals surface area contributed by atoms with Crippen LogP contribution in [0.15, 0.2) is 6.20 Å². The van der Waals surface area contributed by atoms with Crippen LogP contribution in [0.5, 0.6) is 0 Å². The summed E-state index contributed by atoms with van der Waals surface area (Å²) in [5.74, 6) is -0.353. The molecule has 6 heteroatoms. The maximum Gasteiger partial charge on any atom is 0.274 e. The van der Waals surface area contributed by atoms with E-state index in [0.29, 0.717) is 12.1 Å². The lowest BCUT2D eigenvalue weighted by Gasteiger charge is -2.12. The Balaban J connectivity index is 2.72. The van der Waals surface area contributed by atoms with Gasteiger partial charge in [0.1, 0.15) is 0 Å². The predicted octanol–water partition coefficient (Wildman–Crippen LogP) is -0.497. The standard InChI is InChI=1S/C9H16N4O2/c1-3-6(5-14)11-9(15)8-7(10)4-13(2)12-8/h4,6,14H,3,5,10H2,1-2H3,(H,11,15)/t6-/m1/s1. The summed E-state index contributed by atoms with van der Waals surface area (Å²) in [6.45, 7) is 1.79. The number of nitrogens with two attached hydrogens (primary N) is 1. The minimum atomic E-state index is -0.353. The first-order valence-corrected chi connectivity index (χ1v) is 4.79. The van der Waals surface area contributed by atoms with Gasteiger partial charge in [0.15, 0.2) is 5.69 Å². The van der Waals surface area contributed by atoms with E-state index < -0.39 is 0 Å². The van der Waals surface area contributed by atoms with E-state index in [1.165, 1.54) is 4.68 Å². The molecule has 1 amide bonds. The smallest absolute Gasteiger partial charge is 0.274 e. The molecular weight excluding hydrogens is 196 g/mol. The van der Waals surface area contributed by atoms with Crippen molar-refractivity contribution in [1.82, 2.24) is 15.1 Å². The summed E-state index contributed by atoms with van der Waals surface area (Å²) in [4.78, 5) is 11.6. The molecule has 1 rings (SSSR count). The lowest BCUT2D eigenvalue weighted by Crippen LogP contribution is -2.37. The number of aliphatic hydroxyl groups excluding tert-OH is 1. The SMILES string of the molecule is CC[C@H](CO)NC(=O)c1nn(C)cc1N. The number of carbonyl (C=O) groups excluding carboxylic acids is 1. The third-order valence-electron chi connectivity index (χ3n) is 2.12. The molecule has 4 N–H and O–H groups in total. The lowest BCUT2D eigenvalue weighted by molar-refractivity contribution is 0.0910. The number of aromatic nitrogens is 2. The van der Waals surface area contributed by atoms with Gasteiger partial charge in [-0.05, 0) is 6.42 Å². The van der Waals surface area contributed by atoms with Crippen LogP contribution in [0.3, 0.4) is 0 Å². The molecule has 0 aliphatic heterocycles. The molecule has 0 aliphatic carbocycles. The van der Waals surface area contributed by atoms with Crippen LogP contribution in [0.25, 0.3) is 0 Å². The van der Waals surface area contributed by atoms with Gasteiger partial charge in [0.25, 0.3) is 5.91 Å². The van der Waals surface area contributed by atoms with E-state index in [0.717, 1.165) is 0 Å². The van der Waals surface area contributed by atoms with Gasteiger partial charge < -0.3 is 16.2 Å². The van der Waals surface area contributed by atoms with Crippen LogP contribution in [0.4, 0.5) is 5.69 Å². The highest BCUT2D eigenvalue weighted by atomic mass is 16.3. The van der Waals surface area contributed by atoms with Gasteiger partial charge in [-0.1, -0.05) is 6.92 Å². The van der Waals surface area contributed by atoms with E-state index in [2.05, 4.69) is 10.4 Å². The Bertz CT molecular complexity index is 344. The number of nitrogen functional groups attached to an aromatic ring is 1. The summed E-state index contributed by atoms with van der Waals surface area (Å²) in [6.07, 6.45) is 2.23. The summed E-state index contributed by atoms with van der Waals surface area (Å²) < 4.78 is 1.48. The van der Waals surface area contributed by atoms with E-state index in [9.17, 15) is 4.79 Å². The van der Waals surface area contributed by atoms with Crippen LogP contribution < -0.4 is 11.1 Å². The number of carbonyl (C=O) groups is 1. The number of rotatable bonds is 4. The molecule has 15 heavy (non-hydrogen) atoms. The van der Waals surface area contributed by atoms with Crippen molar-refractivity contribution < 1.29 is 9.90 Å². The number of hydrogen-bond donors (Lipinski definition) is 3. The predicted molar refractivity (Wildman–Crippen MR) is 56.3 cm³/mol. The first-order chi connectivity index (χ1) is 7.08. The van der Waals surface area contributed by atoms with Gasteiger partial charge in [-0.3, -0.25) is 9.48 Å². The maximum atomic E-state index is 11.6. The number of hydrogen-bond acceptors (Lipinski definition) is 4. The second-order valence-electron chi connectivity index (χ2n) is 3.37. The molecule has 0 aliphatic rings. The molecule has 0 unspecified atom stereocenters. The number of nitrogens with zero attached hydrogens (tertiary/aromatic N) is 2. The van der Waals surface area contributed by atoms with Gasteiger partial charge in [0, 0.05) is 13.2 Å². The van der Waals surface area contributed by atoms with Crippen molar-refractivity contribution in [1.29, 1.82) is 0 Å². The molecule has 0 radical (unpaired) electrons. The summed E-state index contributed by atoms with van der Waals surface area (Å²) in [5, 5.41) is 15.5. The van der Waals surface area contributed by atoms with E-state index >= 15 is 0 Å². The van der Waals surface area contributed by atoms with Crippen LogP contribution >= 0.6 is 0 Å². The largest absolute Gasteiger partial charge is 0.396 e. The zero-order chi connectivity index (χ0) is 11.4. The number of aryl methyl sites for hydroxylation is 1. The molecule has 0 fully saturated rings. The van der Waals surface area contributed by atoms with Crippen molar-refractivity contribution in [2.24, 2.45) is 7.05 Å². The molecule has 1 heterocycles. The van der Waals surface area contributed by atoms with Crippen LogP contribution in [-0.2, 0) is 7.05 Å². The highest BCUT2D eigenvalue weighted by molar-refractivity contribution is 5.97. The highest BCUT2D eigenvalue weighted by Crippen LogP contribution is 2.08. The molecule has 0 aromatic carbocycles. The second-order valence-corrected chi connectivity index (χ2v) is 3.37. The fourth-order valence-corrected chi connectivity index (χ4v) is 1.21. The molecule has 1 aromatic heterocycles. The fourth-order valence-electron chi connectivity index (χ4n) is 1.21. The summed E-state index contributed by atoms with van der Waals surface area (Å²) in [6, 6.07) is -0.251. The number of anilines is 1. The molecule has 1 atom stereocenters. The second kappa shape index (κ2) is 4.79. The van der Waals surface area contributed by atoms with Gasteiger partial charge >= 0.3 is 0 Å². The van der Waals surface area contributed by atoms with E-state index in [4.69, 9.17) is 10.8 Å². The molecule has 1 aromatic rings. The fraction of sp³-hybridized carbons (Fsp3) is 0.556. The average Bonchev–Trinajstić information content (AvgIpc) is 2.54. The minimum absolute atomic E-state index is 0.0883. The van der Waals surface area contributed by atoms with Crippen molar-refractivity contribution in [2.45, 2.75) is 19.4 Å². The van der Waals surface area contributed by atoms with E-state index in [1.54, 1.807) is 13.2 Å². The normalized spacial score (nSPS) is 12.5. The van der Waals surface area contributed by atoms with Crippen LogP contribution in [0, 0.1) is 0 Å². The van der Waals surface area contributed by atoms with Crippen molar-refractivity contribution in [2.75, 3.05) is 12.3 Å². The Labute approximate surface area is 88.1 Å². The first kappa shape index (κ1) is 11.5.